The fourth-order valence-corrected chi connectivity index (χ4v) is 1.03. The van der Waals surface area contributed by atoms with Gasteiger partial charge in [0.1, 0.15) is 5.75 Å². The van der Waals surface area contributed by atoms with Crippen LogP contribution >= 0.6 is 0 Å². The summed E-state index contributed by atoms with van der Waals surface area (Å²) < 4.78 is 5.54. The van der Waals surface area contributed by atoms with E-state index in [1.807, 2.05) is 13.8 Å². The summed E-state index contributed by atoms with van der Waals surface area (Å²) in [7, 11) is 0. The van der Waals surface area contributed by atoms with Crippen LogP contribution in [0.25, 0.3) is 6.08 Å². The molecule has 0 aliphatic carbocycles. The Morgan fingerprint density at radius 3 is 2.88 bits per heavy atom. The second kappa shape index (κ2) is 5.90. The summed E-state index contributed by atoms with van der Waals surface area (Å²) in [5, 5.41) is 8.44. The first-order chi connectivity index (χ1) is 7.61. The molecule has 4 nitrogen and oxygen atoms in total. The number of hydrogen-bond donors (Lipinski definition) is 1. The molecule has 1 heterocycles. The van der Waals surface area contributed by atoms with E-state index in [1.165, 1.54) is 6.08 Å². The van der Waals surface area contributed by atoms with E-state index in [1.54, 1.807) is 18.3 Å². The van der Waals surface area contributed by atoms with E-state index in [4.69, 9.17) is 9.84 Å². The van der Waals surface area contributed by atoms with Crippen LogP contribution in [-0.4, -0.2) is 22.2 Å². The molecule has 1 aromatic heterocycles. The van der Waals surface area contributed by atoms with Crippen LogP contribution in [-0.2, 0) is 4.79 Å². The first-order valence-corrected chi connectivity index (χ1v) is 5.15. The molecule has 1 unspecified atom stereocenters. The summed E-state index contributed by atoms with van der Waals surface area (Å²) in [4.78, 5) is 14.3. The highest BCUT2D eigenvalue weighted by atomic mass is 16.5. The smallest absolute Gasteiger partial charge is 0.328 e. The Balaban J connectivity index is 2.64. The summed E-state index contributed by atoms with van der Waals surface area (Å²) in [6, 6.07) is 3.50. The molecule has 4 heteroatoms. The van der Waals surface area contributed by atoms with Crippen molar-refractivity contribution >= 4 is 12.0 Å². The first-order valence-electron chi connectivity index (χ1n) is 5.15. The molecular weight excluding hydrogens is 206 g/mol. The number of hydrogen-bond acceptors (Lipinski definition) is 3. The van der Waals surface area contributed by atoms with Crippen molar-refractivity contribution in [2.24, 2.45) is 0 Å². The molecule has 0 saturated heterocycles. The lowest BCUT2D eigenvalue weighted by Gasteiger charge is -2.11. The lowest BCUT2D eigenvalue weighted by Crippen LogP contribution is -2.09. The van der Waals surface area contributed by atoms with Crippen molar-refractivity contribution in [3.63, 3.8) is 0 Å². The third kappa shape index (κ3) is 4.13. The lowest BCUT2D eigenvalue weighted by molar-refractivity contribution is -0.131. The number of rotatable bonds is 5. The highest BCUT2D eigenvalue weighted by Crippen LogP contribution is 2.12. The van der Waals surface area contributed by atoms with Gasteiger partial charge in [-0.05, 0) is 31.6 Å². The predicted octanol–water partition coefficient (Wildman–Crippen LogP) is 2.36. The quantitative estimate of drug-likeness (QED) is 0.775. The molecule has 16 heavy (non-hydrogen) atoms. The molecule has 0 aromatic carbocycles. The van der Waals surface area contributed by atoms with Gasteiger partial charge >= 0.3 is 5.97 Å². The maximum absolute atomic E-state index is 10.3. The SMILES string of the molecule is CCC(C)Oc1ccc(C=CC(=O)O)nc1. The Hall–Kier alpha value is -1.84. The molecule has 86 valence electrons. The van der Waals surface area contributed by atoms with Crippen LogP contribution < -0.4 is 4.74 Å². The van der Waals surface area contributed by atoms with Crippen molar-refractivity contribution in [3.8, 4) is 5.75 Å². The number of aliphatic carboxylic acids is 1. The number of carbonyl (C=O) groups is 1. The van der Waals surface area contributed by atoms with E-state index in [2.05, 4.69) is 4.98 Å². The van der Waals surface area contributed by atoms with Crippen LogP contribution in [0, 0.1) is 0 Å². The van der Waals surface area contributed by atoms with Gasteiger partial charge in [0.15, 0.2) is 0 Å². The Morgan fingerprint density at radius 2 is 2.38 bits per heavy atom. The van der Waals surface area contributed by atoms with Crippen molar-refractivity contribution < 1.29 is 14.6 Å². The number of carboxylic acids is 1. The molecular formula is C12H15NO3. The minimum absolute atomic E-state index is 0.155. The van der Waals surface area contributed by atoms with Gasteiger partial charge in [-0.1, -0.05) is 6.92 Å². The van der Waals surface area contributed by atoms with E-state index in [9.17, 15) is 4.79 Å². The van der Waals surface area contributed by atoms with Gasteiger partial charge in [0, 0.05) is 6.08 Å². The van der Waals surface area contributed by atoms with Gasteiger partial charge in [0.05, 0.1) is 18.0 Å². The second-order valence-electron chi connectivity index (χ2n) is 3.43. The average Bonchev–Trinajstić information content (AvgIpc) is 2.28. The van der Waals surface area contributed by atoms with Crippen LogP contribution in [0.4, 0.5) is 0 Å². The van der Waals surface area contributed by atoms with Gasteiger partial charge in [-0.2, -0.15) is 0 Å². The number of nitrogens with zero attached hydrogens (tertiary/aromatic N) is 1. The maximum Gasteiger partial charge on any atom is 0.328 e. The topological polar surface area (TPSA) is 59.4 Å². The van der Waals surface area contributed by atoms with Gasteiger partial charge in [0.2, 0.25) is 0 Å². The fourth-order valence-electron chi connectivity index (χ4n) is 1.03. The van der Waals surface area contributed by atoms with Crippen molar-refractivity contribution in [3.05, 3.63) is 30.1 Å². The van der Waals surface area contributed by atoms with Gasteiger partial charge in [-0.25, -0.2) is 4.79 Å². The van der Waals surface area contributed by atoms with Crippen LogP contribution in [0.2, 0.25) is 0 Å². The molecule has 0 amide bonds. The van der Waals surface area contributed by atoms with Crippen molar-refractivity contribution in [1.82, 2.24) is 4.98 Å². The van der Waals surface area contributed by atoms with E-state index >= 15 is 0 Å². The van der Waals surface area contributed by atoms with Crippen LogP contribution in [0.5, 0.6) is 5.75 Å². The predicted molar refractivity (Wildman–Crippen MR) is 61.3 cm³/mol. The fraction of sp³-hybridized carbons (Fsp3) is 0.333. The number of pyridine rings is 1. The largest absolute Gasteiger partial charge is 0.489 e. The zero-order valence-corrected chi connectivity index (χ0v) is 9.38. The number of aromatic nitrogens is 1. The van der Waals surface area contributed by atoms with Gasteiger partial charge in [-0.3, -0.25) is 4.98 Å². The van der Waals surface area contributed by atoms with Crippen molar-refractivity contribution in [2.45, 2.75) is 26.4 Å². The molecule has 0 aliphatic heterocycles. The Kier molecular flexibility index (Phi) is 4.51. The summed E-state index contributed by atoms with van der Waals surface area (Å²) in [6.07, 6.45) is 5.17. The molecule has 0 aliphatic rings. The highest BCUT2D eigenvalue weighted by molar-refractivity contribution is 5.84. The molecule has 0 radical (unpaired) electrons. The van der Waals surface area contributed by atoms with Crippen LogP contribution in [0.15, 0.2) is 24.4 Å². The molecule has 1 rings (SSSR count). The van der Waals surface area contributed by atoms with Crippen LogP contribution in [0.3, 0.4) is 0 Å². The summed E-state index contributed by atoms with van der Waals surface area (Å²) in [6.45, 7) is 4.03. The highest BCUT2D eigenvalue weighted by Gasteiger charge is 2.00. The van der Waals surface area contributed by atoms with Crippen molar-refractivity contribution in [1.29, 1.82) is 0 Å². The normalized spacial score (nSPS) is 12.6. The molecule has 0 saturated carbocycles. The summed E-state index contributed by atoms with van der Waals surface area (Å²) in [5.74, 6) is -0.288. The van der Waals surface area contributed by atoms with Gasteiger partial charge < -0.3 is 9.84 Å². The van der Waals surface area contributed by atoms with Crippen molar-refractivity contribution in [2.75, 3.05) is 0 Å². The average molecular weight is 221 g/mol. The lowest BCUT2D eigenvalue weighted by atomic mass is 10.3. The van der Waals surface area contributed by atoms with E-state index in [0.717, 1.165) is 12.5 Å². The third-order valence-electron chi connectivity index (χ3n) is 2.07. The standard InChI is InChI=1S/C12H15NO3/c1-3-9(2)16-11-6-4-10(13-8-11)5-7-12(14)15/h4-9H,3H2,1-2H3,(H,14,15). The molecule has 0 fully saturated rings. The van der Waals surface area contributed by atoms with Gasteiger partial charge in [-0.15, -0.1) is 0 Å². The monoisotopic (exact) mass is 221 g/mol. The Bertz CT molecular complexity index is 370. The zero-order chi connectivity index (χ0) is 12.0. The molecule has 1 atom stereocenters. The minimum Gasteiger partial charge on any atom is -0.489 e. The first kappa shape index (κ1) is 12.2. The number of ether oxygens (including phenoxy) is 1. The Labute approximate surface area is 94.6 Å². The summed E-state index contributed by atoms with van der Waals surface area (Å²) >= 11 is 0. The molecule has 0 spiro atoms. The Morgan fingerprint density at radius 1 is 1.62 bits per heavy atom. The zero-order valence-electron chi connectivity index (χ0n) is 9.38. The molecule has 1 aromatic rings. The summed E-state index contributed by atoms with van der Waals surface area (Å²) in [5.41, 5.74) is 0.596. The van der Waals surface area contributed by atoms with Crippen LogP contribution in [0.1, 0.15) is 26.0 Å². The van der Waals surface area contributed by atoms with E-state index in [0.29, 0.717) is 11.4 Å². The molecule has 0 bridgehead atoms. The number of carboxylic acid groups (broad SMARTS) is 1. The molecule has 1 N–H and O–H groups in total. The van der Waals surface area contributed by atoms with E-state index in [-0.39, 0.29) is 6.10 Å². The maximum atomic E-state index is 10.3. The second-order valence-corrected chi connectivity index (χ2v) is 3.43. The third-order valence-corrected chi connectivity index (χ3v) is 2.07. The van der Waals surface area contributed by atoms with E-state index < -0.39 is 5.97 Å². The van der Waals surface area contributed by atoms with Gasteiger partial charge in [0.25, 0.3) is 0 Å². The minimum atomic E-state index is -0.985.